The van der Waals surface area contributed by atoms with E-state index in [0.29, 0.717) is 18.7 Å². The molecule has 7 nitrogen and oxygen atoms in total. The third kappa shape index (κ3) is 4.68. The van der Waals surface area contributed by atoms with Crippen LogP contribution in [-0.4, -0.2) is 46.1 Å². The smallest absolute Gasteiger partial charge is 0.281 e. The van der Waals surface area contributed by atoms with Crippen LogP contribution in [0.5, 0.6) is 11.5 Å². The molecule has 2 N–H and O–H groups in total. The van der Waals surface area contributed by atoms with Crippen molar-refractivity contribution in [1.82, 2.24) is 14.9 Å². The number of nitrogen functional groups attached to an aromatic ring is 1. The summed E-state index contributed by atoms with van der Waals surface area (Å²) in [4.78, 5) is 26.2. The van der Waals surface area contributed by atoms with Gasteiger partial charge < -0.3 is 15.4 Å². The summed E-state index contributed by atoms with van der Waals surface area (Å²) in [5.74, 6) is -11.9. The van der Waals surface area contributed by atoms with Crippen molar-refractivity contribution in [2.45, 2.75) is 12.3 Å². The molecule has 2 aliphatic rings. The van der Waals surface area contributed by atoms with E-state index in [4.69, 9.17) is 10.5 Å². The van der Waals surface area contributed by atoms with Crippen LogP contribution in [0.3, 0.4) is 0 Å². The number of anilines is 1. The number of carbonyl (C=O) groups is 1. The van der Waals surface area contributed by atoms with Crippen LogP contribution in [0.1, 0.15) is 29.2 Å². The Hall–Kier alpha value is -4.42. The Morgan fingerprint density at radius 3 is 2.44 bits per heavy atom. The lowest BCUT2D eigenvalue weighted by Crippen LogP contribution is -2.32. The summed E-state index contributed by atoms with van der Waals surface area (Å²) in [6.07, 6.45) is 1.80. The predicted octanol–water partition coefficient (Wildman–Crippen LogP) is 4.81. The molecule has 3 heterocycles. The minimum absolute atomic E-state index is 0.0191. The number of hydrogen-bond acceptors (Lipinski definition) is 6. The van der Waals surface area contributed by atoms with Crippen LogP contribution in [0.4, 0.5) is 32.2 Å². The summed E-state index contributed by atoms with van der Waals surface area (Å²) in [5.41, 5.74) is 6.92. The molecule has 0 radical (unpaired) electrons. The molecule has 3 aromatic rings. The fourth-order valence-electron chi connectivity index (χ4n) is 4.87. The number of nitrogens with two attached hydrogens (primary N) is 1. The Kier molecular flexibility index (Phi) is 6.74. The maximum Gasteiger partial charge on any atom is 0.281 e. The average molecular weight is 547 g/mol. The highest BCUT2D eigenvalue weighted by Crippen LogP contribution is 2.39. The number of ether oxygens (including phenoxy) is 1. The first-order chi connectivity index (χ1) is 18.6. The minimum atomic E-state index is -1.78. The first kappa shape index (κ1) is 26.2. The number of hydrogen-bond donors (Lipinski definition) is 1. The first-order valence-corrected chi connectivity index (χ1v) is 11.7. The number of carbonyl (C=O) groups excluding carboxylic acids is 1. The molecule has 202 valence electrons. The van der Waals surface area contributed by atoms with Crippen molar-refractivity contribution in [1.29, 1.82) is 0 Å². The molecule has 1 aromatic heterocycles. The van der Waals surface area contributed by atoms with Gasteiger partial charge in [0, 0.05) is 43.2 Å². The first-order valence-electron chi connectivity index (χ1n) is 11.7. The van der Waals surface area contributed by atoms with E-state index < -0.39 is 52.3 Å². The van der Waals surface area contributed by atoms with E-state index in [2.05, 4.69) is 21.5 Å². The van der Waals surface area contributed by atoms with Gasteiger partial charge in [-0.2, -0.15) is 8.78 Å². The van der Waals surface area contributed by atoms with E-state index in [9.17, 15) is 26.7 Å². The van der Waals surface area contributed by atoms with Crippen molar-refractivity contribution in [3.05, 3.63) is 88.9 Å². The Bertz CT molecular complexity index is 1520. The maximum absolute atomic E-state index is 15.3. The lowest BCUT2D eigenvalue weighted by molar-refractivity contribution is -0.127. The van der Waals surface area contributed by atoms with Crippen LogP contribution in [0.25, 0.3) is 0 Å². The van der Waals surface area contributed by atoms with Crippen molar-refractivity contribution in [3.63, 3.8) is 0 Å². The van der Waals surface area contributed by atoms with Crippen LogP contribution in [-0.2, 0) is 4.79 Å². The monoisotopic (exact) mass is 547 g/mol. The molecule has 2 atom stereocenters. The number of rotatable bonds is 5. The number of benzene rings is 2. The summed E-state index contributed by atoms with van der Waals surface area (Å²) in [6.45, 7) is 3.77. The second-order valence-electron chi connectivity index (χ2n) is 9.06. The highest BCUT2D eigenvalue weighted by molar-refractivity contribution is 6.16. The normalized spacial score (nSPS) is 18.5. The van der Waals surface area contributed by atoms with Gasteiger partial charge in [-0.25, -0.2) is 27.5 Å². The van der Waals surface area contributed by atoms with E-state index in [-0.39, 0.29) is 53.6 Å². The van der Waals surface area contributed by atoms with Gasteiger partial charge in [0.05, 0.1) is 17.0 Å². The summed E-state index contributed by atoms with van der Waals surface area (Å²) in [7, 11) is 0. The summed E-state index contributed by atoms with van der Waals surface area (Å²) in [5, 5.41) is 0. The zero-order valence-corrected chi connectivity index (χ0v) is 20.0. The average Bonchev–Trinajstić information content (AvgIpc) is 3.39. The van der Waals surface area contributed by atoms with E-state index in [1.807, 2.05) is 0 Å². The Balaban J connectivity index is 1.45. The van der Waals surface area contributed by atoms with Crippen molar-refractivity contribution >= 4 is 17.4 Å². The van der Waals surface area contributed by atoms with Gasteiger partial charge >= 0.3 is 0 Å². The van der Waals surface area contributed by atoms with Crippen molar-refractivity contribution in [2.24, 2.45) is 10.9 Å². The topological polar surface area (TPSA) is 93.7 Å². The van der Waals surface area contributed by atoms with E-state index in [1.165, 1.54) is 17.3 Å². The third-order valence-electron chi connectivity index (χ3n) is 6.74. The van der Waals surface area contributed by atoms with Crippen LogP contribution in [0.2, 0.25) is 0 Å². The number of halogens is 6. The number of amides is 1. The zero-order valence-electron chi connectivity index (χ0n) is 20.0. The molecule has 39 heavy (non-hydrogen) atoms. The molecule has 13 heteroatoms. The van der Waals surface area contributed by atoms with Crippen LogP contribution < -0.4 is 10.5 Å². The number of nitrogens with zero attached hydrogens (tertiary/aromatic N) is 4. The van der Waals surface area contributed by atoms with E-state index in [0.717, 1.165) is 12.1 Å². The van der Waals surface area contributed by atoms with Gasteiger partial charge in [0.15, 0.2) is 17.5 Å². The Labute approximate surface area is 217 Å². The minimum Gasteiger partial charge on any atom is -0.451 e. The Morgan fingerprint density at radius 1 is 1.05 bits per heavy atom. The van der Waals surface area contributed by atoms with Gasteiger partial charge in [-0.1, -0.05) is 6.58 Å². The van der Waals surface area contributed by atoms with Crippen molar-refractivity contribution in [2.75, 3.05) is 25.4 Å². The largest absolute Gasteiger partial charge is 0.451 e. The van der Waals surface area contributed by atoms with Gasteiger partial charge in [0.2, 0.25) is 17.4 Å². The van der Waals surface area contributed by atoms with Gasteiger partial charge in [0.25, 0.3) is 5.91 Å². The van der Waals surface area contributed by atoms with Gasteiger partial charge in [-0.15, -0.1) is 0 Å². The van der Waals surface area contributed by atoms with Gasteiger partial charge in [-0.05, 0) is 24.5 Å². The molecular formula is C26H19F6N5O2. The second kappa shape index (κ2) is 10.0. The van der Waals surface area contributed by atoms with E-state index in [1.54, 1.807) is 0 Å². The molecule has 1 amide bonds. The van der Waals surface area contributed by atoms with E-state index >= 15 is 4.39 Å². The maximum atomic E-state index is 15.3. The molecule has 0 aliphatic carbocycles. The number of aromatic nitrogens is 2. The van der Waals surface area contributed by atoms with Crippen molar-refractivity contribution in [3.8, 4) is 11.5 Å². The molecule has 0 spiro atoms. The molecule has 1 saturated heterocycles. The van der Waals surface area contributed by atoms with Gasteiger partial charge in [0.1, 0.15) is 23.7 Å². The fraction of sp³-hybridized carbons (Fsp3) is 0.231. The zero-order chi connectivity index (χ0) is 28.0. The molecular weight excluding hydrogens is 528 g/mol. The predicted molar refractivity (Wildman–Crippen MR) is 127 cm³/mol. The molecule has 0 bridgehead atoms. The Morgan fingerprint density at radius 2 is 1.77 bits per heavy atom. The number of aliphatic imine (C=N–C) groups is 1. The molecule has 5 rings (SSSR count). The summed E-state index contributed by atoms with van der Waals surface area (Å²) < 4.78 is 88.5. The standard InChI is InChI=1S/C26H19F6N5O2/c1-11(27)26(38)37-5-4-12(9-37)15-8-34-22(19-23(15)35-10-36-25(19)33)14-3-2-13(6-16(14)28)39-24-20(31)17(29)7-18(30)21(24)32/h2-3,6-7,10,12,15H,1,4-5,8-9H2,(H2,33,35,36)/t12-,15?/m1/s1. The molecule has 1 unspecified atom stereocenters. The summed E-state index contributed by atoms with van der Waals surface area (Å²) in [6, 6.07) is 3.14. The lowest BCUT2D eigenvalue weighted by atomic mass is 9.82. The quantitative estimate of drug-likeness (QED) is 0.281. The van der Waals surface area contributed by atoms with Crippen LogP contribution >= 0.6 is 0 Å². The molecule has 2 aromatic carbocycles. The number of fused-ring (bicyclic) bond motifs is 1. The van der Waals surface area contributed by atoms with Crippen molar-refractivity contribution < 1.29 is 35.9 Å². The second-order valence-corrected chi connectivity index (χ2v) is 9.06. The molecule has 1 fully saturated rings. The number of likely N-dealkylation sites (tertiary alicyclic amines) is 1. The SMILES string of the molecule is C=C(F)C(=O)N1CC[C@@H](C2CN=C(c3ccc(Oc4c(F)c(F)cc(F)c4F)cc3F)c3c(N)ncnc32)C1. The van der Waals surface area contributed by atoms with Crippen LogP contribution in [0.15, 0.2) is 48.0 Å². The lowest BCUT2D eigenvalue weighted by Gasteiger charge is -2.29. The fourth-order valence-corrected chi connectivity index (χ4v) is 4.87. The summed E-state index contributed by atoms with van der Waals surface area (Å²) >= 11 is 0. The van der Waals surface area contributed by atoms with Gasteiger partial charge in [-0.3, -0.25) is 9.79 Å². The third-order valence-corrected chi connectivity index (χ3v) is 6.74. The molecule has 0 saturated carbocycles. The molecule has 2 aliphatic heterocycles. The highest BCUT2D eigenvalue weighted by atomic mass is 19.2. The van der Waals surface area contributed by atoms with Crippen LogP contribution in [0, 0.1) is 35.0 Å². The highest BCUT2D eigenvalue weighted by Gasteiger charge is 2.38.